The molecule has 5 rings (SSSR count). The van der Waals surface area contributed by atoms with Crippen molar-refractivity contribution in [2.24, 2.45) is 0 Å². The largest absolute Gasteiger partial charge is 0.648 e. The number of nitrogens with zero attached hydrogens (tertiary/aromatic N) is 2. The maximum absolute atomic E-state index is 13.7. The second-order valence-corrected chi connectivity index (χ2v) is 10.3. The van der Waals surface area contributed by atoms with E-state index < -0.39 is 8.45 Å². The van der Waals surface area contributed by atoms with Crippen LogP contribution in [0.4, 0.5) is 11.4 Å². The zero-order chi connectivity index (χ0) is 23.2. The number of hydrogen-bond donors (Lipinski definition) is 1. The third kappa shape index (κ3) is 5.31. The molecule has 1 aliphatic rings. The van der Waals surface area contributed by atoms with Gasteiger partial charge in [-0.2, -0.15) is 4.67 Å². The van der Waals surface area contributed by atoms with Crippen molar-refractivity contribution < 1.29 is 4.89 Å². The molecule has 0 aromatic heterocycles. The molecule has 0 aliphatic carbocycles. The van der Waals surface area contributed by atoms with E-state index in [0.29, 0.717) is 6.54 Å². The fourth-order valence-corrected chi connectivity index (χ4v) is 6.47. The summed E-state index contributed by atoms with van der Waals surface area (Å²) in [6.07, 6.45) is 0.924. The lowest BCUT2D eigenvalue weighted by Crippen LogP contribution is -2.31. The van der Waals surface area contributed by atoms with Crippen molar-refractivity contribution in [3.05, 3.63) is 121 Å². The molecule has 0 amide bonds. The van der Waals surface area contributed by atoms with Gasteiger partial charge in [0.25, 0.3) is 0 Å². The summed E-state index contributed by atoms with van der Waals surface area (Å²) >= 11 is 0. The molecule has 0 spiro atoms. The Balaban J connectivity index is 1.34. The van der Waals surface area contributed by atoms with Crippen LogP contribution in [0.3, 0.4) is 0 Å². The maximum atomic E-state index is 13.7. The number of nitrogens with one attached hydrogen (secondary N) is 1. The van der Waals surface area contributed by atoms with Crippen LogP contribution < -0.4 is 14.9 Å². The minimum absolute atomic E-state index is 0.211. The summed E-state index contributed by atoms with van der Waals surface area (Å²) in [5.41, 5.74) is 5.74. The molecule has 5 heteroatoms. The molecule has 4 aromatic rings. The third-order valence-electron chi connectivity index (χ3n) is 6.35. The summed E-state index contributed by atoms with van der Waals surface area (Å²) in [6, 6.07) is 39.7. The lowest BCUT2D eigenvalue weighted by molar-refractivity contribution is -0.170. The first kappa shape index (κ1) is 22.6. The first-order valence-corrected chi connectivity index (χ1v) is 13.1. The normalized spacial score (nSPS) is 18.2. The molecular weight excluding hydrogens is 437 g/mol. The highest BCUT2D eigenvalue weighted by Gasteiger charge is 2.40. The second kappa shape index (κ2) is 10.8. The van der Waals surface area contributed by atoms with Crippen LogP contribution in [0.2, 0.25) is 0 Å². The van der Waals surface area contributed by atoms with Gasteiger partial charge in [0.15, 0.2) is 0 Å². The van der Waals surface area contributed by atoms with Gasteiger partial charge in [0.1, 0.15) is 8.45 Å². The smallest absolute Gasteiger partial charge is 0.117 e. The summed E-state index contributed by atoms with van der Waals surface area (Å²) < 4.78 is 4.31. The predicted octanol–water partition coefficient (Wildman–Crippen LogP) is 5.87. The van der Waals surface area contributed by atoms with Gasteiger partial charge in [0.05, 0.1) is 24.8 Å². The van der Waals surface area contributed by atoms with Crippen LogP contribution in [0.15, 0.2) is 115 Å². The van der Waals surface area contributed by atoms with Crippen molar-refractivity contribution >= 4 is 19.8 Å². The van der Waals surface area contributed by atoms with E-state index in [4.69, 9.17) is 0 Å². The van der Waals surface area contributed by atoms with E-state index in [-0.39, 0.29) is 6.04 Å². The van der Waals surface area contributed by atoms with Gasteiger partial charge in [0.2, 0.25) is 0 Å². The maximum Gasteiger partial charge on any atom is 0.117 e. The van der Waals surface area contributed by atoms with Gasteiger partial charge >= 0.3 is 0 Å². The van der Waals surface area contributed by atoms with Crippen molar-refractivity contribution in [2.45, 2.75) is 19.0 Å². The van der Waals surface area contributed by atoms with Gasteiger partial charge in [-0.15, -0.1) is 0 Å². The van der Waals surface area contributed by atoms with Gasteiger partial charge in [-0.3, -0.25) is 0 Å². The van der Waals surface area contributed by atoms with Gasteiger partial charge in [-0.25, -0.2) is 4.67 Å². The number of benzene rings is 4. The molecule has 0 saturated carbocycles. The molecule has 1 unspecified atom stereocenters. The lowest BCUT2D eigenvalue weighted by atomic mass is 10.0. The van der Waals surface area contributed by atoms with Crippen LogP contribution in [0.5, 0.6) is 0 Å². The lowest BCUT2D eigenvalue weighted by Gasteiger charge is -2.28. The number of rotatable bonds is 8. The molecule has 1 fully saturated rings. The molecule has 1 saturated heterocycles. The predicted molar refractivity (Wildman–Crippen MR) is 143 cm³/mol. The zero-order valence-corrected chi connectivity index (χ0v) is 20.2. The van der Waals surface area contributed by atoms with Gasteiger partial charge in [0, 0.05) is 12.2 Å². The monoisotopic (exact) mass is 467 g/mol. The Hall–Kier alpha value is -3.17. The van der Waals surface area contributed by atoms with Crippen molar-refractivity contribution in [1.82, 2.24) is 4.67 Å². The Labute approximate surface area is 203 Å². The van der Waals surface area contributed by atoms with Crippen LogP contribution in [-0.4, -0.2) is 23.8 Å². The van der Waals surface area contributed by atoms with E-state index in [1.54, 1.807) is 0 Å². The Morgan fingerprint density at radius 2 is 1.41 bits per heavy atom. The average Bonchev–Trinajstić information content (AvgIpc) is 3.21. The summed E-state index contributed by atoms with van der Waals surface area (Å²) in [7, 11) is -2.11. The fraction of sp³-hybridized carbons (Fsp3) is 0.172. The standard InChI is InChI=1S/C29H30N3OP/c33-34-31(22-24-11-10-14-26(21-24)25-12-4-1-5-13-25)29(19-20-30-27-15-6-2-7-16-27)23-32(34)28-17-8-3-9-18-28/h1-18,21,29-30,34H,19-20,22-23H2/t29-/m0/s1. The highest BCUT2D eigenvalue weighted by atomic mass is 31.2. The van der Waals surface area contributed by atoms with E-state index in [2.05, 4.69) is 87.5 Å². The SMILES string of the molecule is [O-][PH+]1N(c2ccccc2)C[C@H](CCNc2ccccc2)N1Cc1cccc(-c2ccccc2)c1. The highest BCUT2D eigenvalue weighted by molar-refractivity contribution is 7.49. The van der Waals surface area contributed by atoms with Gasteiger partial charge in [-0.05, 0) is 53.4 Å². The van der Waals surface area contributed by atoms with E-state index in [1.165, 1.54) is 16.7 Å². The van der Waals surface area contributed by atoms with Crippen molar-refractivity contribution in [3.63, 3.8) is 0 Å². The van der Waals surface area contributed by atoms with Gasteiger partial charge < -0.3 is 10.2 Å². The zero-order valence-electron chi connectivity index (χ0n) is 19.2. The minimum Gasteiger partial charge on any atom is -0.648 e. The molecular formula is C29H30N3OP. The first-order chi connectivity index (χ1) is 16.8. The molecule has 0 radical (unpaired) electrons. The summed E-state index contributed by atoms with van der Waals surface area (Å²) in [4.78, 5) is 13.7. The number of para-hydroxylation sites is 2. The summed E-state index contributed by atoms with van der Waals surface area (Å²) in [5, 5.41) is 3.52. The Morgan fingerprint density at radius 3 is 2.15 bits per heavy atom. The van der Waals surface area contributed by atoms with Crippen molar-refractivity contribution in [2.75, 3.05) is 23.1 Å². The summed E-state index contributed by atoms with van der Waals surface area (Å²) in [5.74, 6) is 0. The Kier molecular flexibility index (Phi) is 7.21. The van der Waals surface area contributed by atoms with Crippen LogP contribution in [0.1, 0.15) is 12.0 Å². The molecule has 1 heterocycles. The quantitative estimate of drug-likeness (QED) is 0.329. The Bertz CT molecular complexity index is 1170. The van der Waals surface area contributed by atoms with Gasteiger partial charge in [-0.1, -0.05) is 84.9 Å². The molecule has 2 atom stereocenters. The molecule has 4 nitrogen and oxygen atoms in total. The average molecular weight is 468 g/mol. The number of anilines is 2. The molecule has 1 aliphatic heterocycles. The third-order valence-corrected chi connectivity index (χ3v) is 8.26. The van der Waals surface area contributed by atoms with Crippen molar-refractivity contribution in [3.8, 4) is 11.1 Å². The topological polar surface area (TPSA) is 41.6 Å². The minimum atomic E-state index is -2.11. The van der Waals surface area contributed by atoms with E-state index >= 15 is 0 Å². The highest BCUT2D eigenvalue weighted by Crippen LogP contribution is 2.48. The number of hydrogen-bond acceptors (Lipinski definition) is 4. The second-order valence-electron chi connectivity index (χ2n) is 8.66. The fourth-order valence-electron chi connectivity index (χ4n) is 4.58. The first-order valence-electron chi connectivity index (χ1n) is 11.8. The van der Waals surface area contributed by atoms with E-state index in [9.17, 15) is 4.89 Å². The molecule has 4 aromatic carbocycles. The molecule has 0 bridgehead atoms. The molecule has 34 heavy (non-hydrogen) atoms. The van der Waals surface area contributed by atoms with E-state index in [1.807, 2.05) is 42.5 Å². The Morgan fingerprint density at radius 1 is 0.765 bits per heavy atom. The van der Waals surface area contributed by atoms with Crippen molar-refractivity contribution in [1.29, 1.82) is 0 Å². The van der Waals surface area contributed by atoms with Crippen LogP contribution in [-0.2, 0) is 6.54 Å². The molecule has 172 valence electrons. The van der Waals surface area contributed by atoms with E-state index in [0.717, 1.165) is 30.9 Å². The van der Waals surface area contributed by atoms with Crippen LogP contribution in [0, 0.1) is 0 Å². The van der Waals surface area contributed by atoms with Crippen LogP contribution >= 0.6 is 8.45 Å². The van der Waals surface area contributed by atoms with Crippen LogP contribution in [0.25, 0.3) is 11.1 Å². The summed E-state index contributed by atoms with van der Waals surface area (Å²) in [6.45, 7) is 2.29. The molecule has 1 N–H and O–H groups in total.